The first-order valence-corrected chi connectivity index (χ1v) is 12.9. The minimum atomic E-state index is -1.30. The Morgan fingerprint density at radius 2 is 1.82 bits per heavy atom. The van der Waals surface area contributed by atoms with E-state index in [0.29, 0.717) is 12.8 Å². The predicted octanol–water partition coefficient (Wildman–Crippen LogP) is 2.87. The Hall–Kier alpha value is -1.28. The molecule has 0 aromatic carbocycles. The summed E-state index contributed by atoms with van der Waals surface area (Å²) in [6, 6.07) is 0. The van der Waals surface area contributed by atoms with Crippen molar-refractivity contribution in [3.63, 3.8) is 0 Å². The van der Waals surface area contributed by atoms with Gasteiger partial charge in [0.2, 0.25) is 0 Å². The molecule has 0 aromatic heterocycles. The van der Waals surface area contributed by atoms with Crippen molar-refractivity contribution in [3.8, 4) is 0 Å². The Balaban J connectivity index is 1.75. The molecular weight excluding hydrogens is 434 g/mol. The number of esters is 1. The quantitative estimate of drug-likeness (QED) is 0.475. The van der Waals surface area contributed by atoms with Crippen molar-refractivity contribution in [2.45, 2.75) is 103 Å². The summed E-state index contributed by atoms with van der Waals surface area (Å²) in [4.78, 5) is 29.0. The van der Waals surface area contributed by atoms with Crippen molar-refractivity contribution in [3.05, 3.63) is 12.7 Å². The number of nitrogens with zero attached hydrogens (tertiary/aromatic N) is 1. The maximum atomic E-state index is 13.8. The first kappa shape index (κ1) is 25.8. The van der Waals surface area contributed by atoms with E-state index in [4.69, 9.17) is 9.47 Å². The van der Waals surface area contributed by atoms with Crippen LogP contribution in [0, 0.1) is 22.7 Å². The van der Waals surface area contributed by atoms with Gasteiger partial charge in [0.25, 0.3) is 0 Å². The van der Waals surface area contributed by atoms with E-state index < -0.39 is 52.7 Å². The molecule has 2 heterocycles. The second-order valence-corrected chi connectivity index (χ2v) is 12.5. The van der Waals surface area contributed by atoms with Crippen LogP contribution in [0.25, 0.3) is 0 Å². The molecule has 8 atom stereocenters. The number of piperidine rings is 1. The minimum Gasteiger partial charge on any atom is -0.456 e. The molecule has 4 aliphatic rings. The molecular formula is C27H43NO6. The smallest absolute Gasteiger partial charge is 0.320 e. The zero-order chi connectivity index (χ0) is 25.1. The normalized spacial score (nSPS) is 46.8. The largest absolute Gasteiger partial charge is 0.456 e. The van der Waals surface area contributed by atoms with Gasteiger partial charge in [-0.25, -0.2) is 0 Å². The van der Waals surface area contributed by atoms with Crippen molar-refractivity contribution in [2.75, 3.05) is 19.6 Å². The number of hydrogen-bond acceptors (Lipinski definition) is 7. The van der Waals surface area contributed by atoms with Crippen LogP contribution < -0.4 is 0 Å². The molecule has 0 spiro atoms. The number of likely N-dealkylation sites (tertiary alicyclic amines) is 1. The van der Waals surface area contributed by atoms with Crippen molar-refractivity contribution in [2.24, 2.45) is 22.7 Å². The molecule has 2 N–H and O–H groups in total. The van der Waals surface area contributed by atoms with Crippen molar-refractivity contribution in [1.29, 1.82) is 0 Å². The SMILES string of the molecule is C=C[C@@]1(C)CC(=O)[C@H]2[C@](C)(O1)[C@@H](OC(=O)CN1CCCCC1)[C@@H](O)[C@H]1C(C)(C)CC[C@H](O)[C@@]12C. The van der Waals surface area contributed by atoms with Gasteiger partial charge in [0.1, 0.15) is 11.4 Å². The molecule has 2 aliphatic carbocycles. The van der Waals surface area contributed by atoms with Gasteiger partial charge in [-0.1, -0.05) is 33.3 Å². The number of rotatable bonds is 4. The number of fused-ring (bicyclic) bond motifs is 3. The van der Waals surface area contributed by atoms with Crippen LogP contribution in [0.4, 0.5) is 0 Å². The summed E-state index contributed by atoms with van der Waals surface area (Å²) in [5.74, 6) is -1.60. The summed E-state index contributed by atoms with van der Waals surface area (Å²) in [5.41, 5.74) is -3.51. The molecule has 7 heteroatoms. The first-order valence-electron chi connectivity index (χ1n) is 12.9. The van der Waals surface area contributed by atoms with E-state index in [1.807, 2.05) is 6.92 Å². The van der Waals surface area contributed by atoms with Gasteiger partial charge in [0, 0.05) is 17.8 Å². The Morgan fingerprint density at radius 3 is 2.44 bits per heavy atom. The summed E-state index contributed by atoms with van der Waals surface area (Å²) in [6.07, 6.45) is 3.41. The number of aliphatic hydroxyl groups is 2. The van der Waals surface area contributed by atoms with E-state index in [1.165, 1.54) is 6.42 Å². The Bertz CT molecular complexity index is 837. The maximum Gasteiger partial charge on any atom is 0.320 e. The first-order chi connectivity index (χ1) is 15.8. The molecule has 4 fully saturated rings. The Labute approximate surface area is 203 Å². The molecule has 7 nitrogen and oxygen atoms in total. The van der Waals surface area contributed by atoms with Crippen molar-refractivity contribution in [1.82, 2.24) is 4.90 Å². The molecule has 0 aromatic rings. The standard InChI is InChI=1S/C27H43NO6/c1-7-25(4)15-17(29)21-26(5)18(30)11-12-24(2,3)22(26)20(32)23(27(21,6)34-25)33-19(31)16-28-13-9-8-10-14-28/h7,18,20-23,30,32H,1,8-16H2,2-6H3/t18-,20-,21+,22-,23-,25-,26+,27-/m0/s1. The van der Waals surface area contributed by atoms with E-state index in [0.717, 1.165) is 25.9 Å². The fourth-order valence-electron chi connectivity index (χ4n) is 8.07. The molecule has 34 heavy (non-hydrogen) atoms. The van der Waals surface area contributed by atoms with Crippen LogP contribution in [0.5, 0.6) is 0 Å². The fourth-order valence-corrected chi connectivity index (χ4v) is 8.07. The average molecular weight is 478 g/mol. The zero-order valence-corrected chi connectivity index (χ0v) is 21.5. The third kappa shape index (κ3) is 3.97. The second kappa shape index (κ2) is 8.68. The van der Waals surface area contributed by atoms with Crippen LogP contribution in [-0.4, -0.2) is 76.0 Å². The second-order valence-electron chi connectivity index (χ2n) is 12.5. The molecule has 4 rings (SSSR count). The van der Waals surface area contributed by atoms with Gasteiger partial charge in [0.05, 0.1) is 30.3 Å². The molecule has 192 valence electrons. The number of ketones is 1. The van der Waals surface area contributed by atoms with Gasteiger partial charge < -0.3 is 19.7 Å². The van der Waals surface area contributed by atoms with Crippen molar-refractivity contribution >= 4 is 11.8 Å². The Kier molecular flexibility index (Phi) is 6.59. The van der Waals surface area contributed by atoms with Gasteiger partial charge in [-0.15, -0.1) is 6.58 Å². The summed E-state index contributed by atoms with van der Waals surface area (Å²) in [7, 11) is 0. The maximum absolute atomic E-state index is 13.8. The number of carbonyl (C=O) groups is 2. The molecule has 0 amide bonds. The highest BCUT2D eigenvalue weighted by atomic mass is 16.6. The lowest BCUT2D eigenvalue weighted by atomic mass is 9.41. The Morgan fingerprint density at radius 1 is 1.18 bits per heavy atom. The number of carbonyl (C=O) groups excluding carboxylic acids is 2. The molecule has 0 unspecified atom stereocenters. The third-order valence-electron chi connectivity index (χ3n) is 9.50. The van der Waals surface area contributed by atoms with Gasteiger partial charge in [-0.2, -0.15) is 0 Å². The van der Waals surface area contributed by atoms with E-state index >= 15 is 0 Å². The minimum absolute atomic E-state index is 0.0376. The highest BCUT2D eigenvalue weighted by Gasteiger charge is 2.73. The van der Waals surface area contributed by atoms with Gasteiger partial charge in [-0.05, 0) is 58.0 Å². The highest BCUT2D eigenvalue weighted by Crippen LogP contribution is 2.65. The zero-order valence-electron chi connectivity index (χ0n) is 21.5. The van der Waals surface area contributed by atoms with E-state index in [-0.39, 0.29) is 24.2 Å². The molecule has 2 saturated carbocycles. The van der Waals surface area contributed by atoms with Crippen LogP contribution in [0.15, 0.2) is 12.7 Å². The highest BCUT2D eigenvalue weighted by molar-refractivity contribution is 5.86. The average Bonchev–Trinajstić information content (AvgIpc) is 2.74. The van der Waals surface area contributed by atoms with Crippen molar-refractivity contribution < 1.29 is 29.3 Å². The van der Waals surface area contributed by atoms with Gasteiger partial charge in [0.15, 0.2) is 6.10 Å². The summed E-state index contributed by atoms with van der Waals surface area (Å²) >= 11 is 0. The monoisotopic (exact) mass is 477 g/mol. The van der Waals surface area contributed by atoms with E-state index in [2.05, 4.69) is 25.3 Å². The lowest BCUT2D eigenvalue weighted by molar-refractivity contribution is -0.321. The lowest BCUT2D eigenvalue weighted by Gasteiger charge is -2.68. The summed E-state index contributed by atoms with van der Waals surface area (Å²) < 4.78 is 12.7. The van der Waals surface area contributed by atoms with E-state index in [9.17, 15) is 19.8 Å². The van der Waals surface area contributed by atoms with Crippen LogP contribution in [0.1, 0.15) is 73.1 Å². The fraction of sp³-hybridized carbons (Fsp3) is 0.852. The summed E-state index contributed by atoms with van der Waals surface area (Å²) in [5, 5.41) is 23.2. The number of hydrogen-bond donors (Lipinski definition) is 2. The van der Waals surface area contributed by atoms with Crippen LogP contribution in [-0.2, 0) is 19.1 Å². The molecule has 2 saturated heterocycles. The number of ether oxygens (including phenoxy) is 2. The van der Waals surface area contributed by atoms with Gasteiger partial charge in [-0.3, -0.25) is 14.5 Å². The number of Topliss-reactive ketones (excluding diaryl/α,β-unsaturated/α-hetero) is 1. The number of aliphatic hydroxyl groups excluding tert-OH is 2. The molecule has 0 radical (unpaired) electrons. The topological polar surface area (TPSA) is 96.3 Å². The van der Waals surface area contributed by atoms with Crippen LogP contribution >= 0.6 is 0 Å². The van der Waals surface area contributed by atoms with E-state index in [1.54, 1.807) is 19.9 Å². The lowest BCUT2D eigenvalue weighted by Crippen LogP contribution is -2.78. The molecule has 0 bridgehead atoms. The third-order valence-corrected chi connectivity index (χ3v) is 9.50. The van der Waals surface area contributed by atoms with Gasteiger partial charge >= 0.3 is 5.97 Å². The van der Waals surface area contributed by atoms with Crippen LogP contribution in [0.2, 0.25) is 0 Å². The molecule has 2 aliphatic heterocycles. The predicted molar refractivity (Wildman–Crippen MR) is 128 cm³/mol. The van der Waals surface area contributed by atoms with Crippen LogP contribution in [0.3, 0.4) is 0 Å². The summed E-state index contributed by atoms with van der Waals surface area (Å²) in [6.45, 7) is 15.4.